The molecule has 1 aliphatic heterocycles. The van der Waals surface area contributed by atoms with E-state index < -0.39 is 6.10 Å². The van der Waals surface area contributed by atoms with Gasteiger partial charge in [-0.25, -0.2) is 4.39 Å². The molecule has 0 bridgehead atoms. The van der Waals surface area contributed by atoms with Gasteiger partial charge in [-0.1, -0.05) is 30.3 Å². The highest BCUT2D eigenvalue weighted by molar-refractivity contribution is 5.96. The van der Waals surface area contributed by atoms with Crippen molar-refractivity contribution in [1.82, 2.24) is 4.90 Å². The van der Waals surface area contributed by atoms with Crippen LogP contribution >= 0.6 is 0 Å². The van der Waals surface area contributed by atoms with E-state index in [-0.39, 0.29) is 18.2 Å². The van der Waals surface area contributed by atoms with Crippen molar-refractivity contribution in [2.45, 2.75) is 18.9 Å². The highest BCUT2D eigenvalue weighted by atomic mass is 19.1. The summed E-state index contributed by atoms with van der Waals surface area (Å²) >= 11 is 0. The molecule has 0 amide bonds. The van der Waals surface area contributed by atoms with E-state index in [1.807, 2.05) is 30.3 Å². The van der Waals surface area contributed by atoms with Gasteiger partial charge in [-0.3, -0.25) is 9.69 Å². The van der Waals surface area contributed by atoms with Gasteiger partial charge in [0.1, 0.15) is 24.3 Å². The van der Waals surface area contributed by atoms with Crippen molar-refractivity contribution < 1.29 is 19.0 Å². The van der Waals surface area contributed by atoms with Gasteiger partial charge in [0.25, 0.3) is 0 Å². The normalized spacial score (nSPS) is 15.2. The molecule has 3 aromatic carbocycles. The third-order valence-corrected chi connectivity index (χ3v) is 6.14. The molecule has 5 nitrogen and oxygen atoms in total. The zero-order valence-electron chi connectivity index (χ0n) is 19.3. The van der Waals surface area contributed by atoms with Crippen LogP contribution in [0.25, 0.3) is 0 Å². The molecule has 6 heteroatoms. The molecule has 178 valence electrons. The summed E-state index contributed by atoms with van der Waals surface area (Å²) in [6, 6.07) is 23.7. The molecule has 0 aliphatic carbocycles. The van der Waals surface area contributed by atoms with Gasteiger partial charge in [0.15, 0.2) is 5.78 Å². The molecule has 0 radical (unpaired) electrons. The zero-order valence-corrected chi connectivity index (χ0v) is 19.3. The summed E-state index contributed by atoms with van der Waals surface area (Å²) in [5.74, 6) is 0.518. The molecule has 1 N–H and O–H groups in total. The maximum atomic E-state index is 13.1. The lowest BCUT2D eigenvalue weighted by atomic mass is 10.0. The number of aliphatic hydroxyl groups is 1. The molecule has 1 heterocycles. The van der Waals surface area contributed by atoms with E-state index in [0.717, 1.165) is 43.9 Å². The molecule has 1 atom stereocenters. The first-order valence-electron chi connectivity index (χ1n) is 11.8. The number of aryl methyl sites for hydroxylation is 1. The fraction of sp³-hybridized carbons (Fsp3) is 0.321. The second-order valence-electron chi connectivity index (χ2n) is 8.66. The maximum absolute atomic E-state index is 13.1. The third kappa shape index (κ3) is 6.89. The smallest absolute Gasteiger partial charge is 0.163 e. The summed E-state index contributed by atoms with van der Waals surface area (Å²) in [5, 5.41) is 10.4. The lowest BCUT2D eigenvalue weighted by Gasteiger charge is -2.36. The molecule has 1 saturated heterocycles. The number of ketones is 1. The van der Waals surface area contributed by atoms with Gasteiger partial charge in [0.2, 0.25) is 0 Å². The van der Waals surface area contributed by atoms with Crippen molar-refractivity contribution in [1.29, 1.82) is 0 Å². The minimum absolute atomic E-state index is 0.107. The number of halogens is 1. The second kappa shape index (κ2) is 11.8. The van der Waals surface area contributed by atoms with Crippen LogP contribution in [-0.2, 0) is 6.42 Å². The lowest BCUT2D eigenvalue weighted by molar-refractivity contribution is 0.0663. The quantitative estimate of drug-likeness (QED) is 0.458. The van der Waals surface area contributed by atoms with Gasteiger partial charge in [0.05, 0.1) is 0 Å². The molecular formula is C28H31FN2O3. The summed E-state index contributed by atoms with van der Waals surface area (Å²) in [5.41, 5.74) is 2.84. The summed E-state index contributed by atoms with van der Waals surface area (Å²) in [4.78, 5) is 16.9. The van der Waals surface area contributed by atoms with Crippen molar-refractivity contribution in [2.75, 3.05) is 44.2 Å². The number of hydrogen-bond acceptors (Lipinski definition) is 5. The van der Waals surface area contributed by atoms with Crippen LogP contribution in [0, 0.1) is 5.82 Å². The Morgan fingerprint density at radius 1 is 0.912 bits per heavy atom. The Balaban J connectivity index is 1.16. The molecule has 0 aromatic heterocycles. The van der Waals surface area contributed by atoms with E-state index in [9.17, 15) is 14.3 Å². The van der Waals surface area contributed by atoms with Crippen LogP contribution in [0.5, 0.6) is 5.75 Å². The average Bonchev–Trinajstić information content (AvgIpc) is 2.88. The SMILES string of the molecule is O=C(CCc1ccccc1)c1ccc(OC[C@H](O)CN2CCN(c3ccc(F)cc3)CC2)cc1. The van der Waals surface area contributed by atoms with Crippen LogP contribution in [0.15, 0.2) is 78.9 Å². The van der Waals surface area contributed by atoms with Crippen molar-refractivity contribution >= 4 is 11.5 Å². The van der Waals surface area contributed by atoms with Gasteiger partial charge < -0.3 is 14.7 Å². The summed E-state index contributed by atoms with van der Waals surface area (Å²) in [6.07, 6.45) is 0.587. The Bertz CT molecular complexity index is 1030. The van der Waals surface area contributed by atoms with Crippen LogP contribution in [0.3, 0.4) is 0 Å². The Hall–Kier alpha value is -3.22. The predicted octanol–water partition coefficient (Wildman–Crippen LogP) is 4.20. The Morgan fingerprint density at radius 3 is 2.26 bits per heavy atom. The molecule has 1 aliphatic rings. The molecular weight excluding hydrogens is 431 g/mol. The van der Waals surface area contributed by atoms with Crippen molar-refractivity contribution in [3.05, 3.63) is 95.8 Å². The minimum atomic E-state index is -0.607. The molecule has 0 unspecified atom stereocenters. The average molecular weight is 463 g/mol. The highest BCUT2D eigenvalue weighted by Gasteiger charge is 2.20. The summed E-state index contributed by atoms with van der Waals surface area (Å²) < 4.78 is 18.9. The van der Waals surface area contributed by atoms with Crippen LogP contribution < -0.4 is 9.64 Å². The third-order valence-electron chi connectivity index (χ3n) is 6.14. The van der Waals surface area contributed by atoms with Gasteiger partial charge in [-0.15, -0.1) is 0 Å². The summed E-state index contributed by atoms with van der Waals surface area (Å²) in [7, 11) is 0. The molecule has 34 heavy (non-hydrogen) atoms. The number of benzene rings is 3. The van der Waals surface area contributed by atoms with E-state index >= 15 is 0 Å². The number of anilines is 1. The second-order valence-corrected chi connectivity index (χ2v) is 8.66. The number of rotatable bonds is 10. The number of piperazine rings is 1. The summed E-state index contributed by atoms with van der Waals surface area (Å²) in [6.45, 7) is 4.05. The topological polar surface area (TPSA) is 53.0 Å². The Kier molecular flexibility index (Phi) is 8.28. The number of ether oxygens (including phenoxy) is 1. The zero-order chi connectivity index (χ0) is 23.8. The lowest BCUT2D eigenvalue weighted by Crippen LogP contribution is -2.49. The van der Waals surface area contributed by atoms with E-state index in [1.54, 1.807) is 36.4 Å². The fourth-order valence-corrected chi connectivity index (χ4v) is 4.17. The van der Waals surface area contributed by atoms with Gasteiger partial charge in [0, 0.05) is 50.4 Å². The number of nitrogens with zero attached hydrogens (tertiary/aromatic N) is 2. The molecule has 0 saturated carbocycles. The van der Waals surface area contributed by atoms with Crippen molar-refractivity contribution in [2.24, 2.45) is 0 Å². The fourth-order valence-electron chi connectivity index (χ4n) is 4.17. The number of hydrogen-bond donors (Lipinski definition) is 1. The monoisotopic (exact) mass is 462 g/mol. The number of aliphatic hydroxyl groups excluding tert-OH is 1. The highest BCUT2D eigenvalue weighted by Crippen LogP contribution is 2.18. The predicted molar refractivity (Wildman–Crippen MR) is 132 cm³/mol. The first-order valence-corrected chi connectivity index (χ1v) is 11.8. The van der Waals surface area contributed by atoms with Gasteiger partial charge in [-0.2, -0.15) is 0 Å². The van der Waals surface area contributed by atoms with Crippen molar-refractivity contribution in [3.8, 4) is 5.75 Å². The number of carbonyl (C=O) groups excluding carboxylic acids is 1. The maximum Gasteiger partial charge on any atom is 0.163 e. The molecule has 4 rings (SSSR count). The van der Waals surface area contributed by atoms with E-state index in [0.29, 0.717) is 24.3 Å². The molecule has 0 spiro atoms. The van der Waals surface area contributed by atoms with Crippen molar-refractivity contribution in [3.63, 3.8) is 0 Å². The van der Waals surface area contributed by atoms with Crippen LogP contribution in [0.4, 0.5) is 10.1 Å². The minimum Gasteiger partial charge on any atom is -0.491 e. The molecule has 3 aromatic rings. The number of Topliss-reactive ketones (excluding diaryl/α,β-unsaturated/α-hetero) is 1. The standard InChI is InChI=1S/C28H31FN2O3/c29-24-9-11-25(12-10-24)31-18-16-30(17-19-31)20-26(32)21-34-27-13-7-23(8-14-27)28(33)15-6-22-4-2-1-3-5-22/h1-5,7-14,26,32H,6,15-21H2/t26-/m1/s1. The van der Waals surface area contributed by atoms with E-state index in [2.05, 4.69) is 9.80 Å². The largest absolute Gasteiger partial charge is 0.491 e. The van der Waals surface area contributed by atoms with Crippen LogP contribution in [0.1, 0.15) is 22.3 Å². The van der Waals surface area contributed by atoms with E-state index in [4.69, 9.17) is 4.74 Å². The Morgan fingerprint density at radius 2 is 1.59 bits per heavy atom. The van der Waals surface area contributed by atoms with E-state index in [1.165, 1.54) is 12.1 Å². The van der Waals surface area contributed by atoms with Crippen LogP contribution in [0.2, 0.25) is 0 Å². The van der Waals surface area contributed by atoms with Gasteiger partial charge in [-0.05, 0) is 60.5 Å². The molecule has 1 fully saturated rings. The number of carbonyl (C=O) groups is 1. The first kappa shape index (κ1) is 23.9. The Labute approximate surface area is 200 Å². The van der Waals surface area contributed by atoms with Crippen LogP contribution in [-0.4, -0.2) is 61.2 Å². The first-order chi connectivity index (χ1) is 16.6. The van der Waals surface area contributed by atoms with Gasteiger partial charge >= 0.3 is 0 Å². The number of β-amino-alcohol motifs (C(OH)–C–C–N with tert-alkyl or cyclic N) is 1.